The molecule has 2 aromatic rings. The number of ether oxygens (including phenoxy) is 2. The number of allylic oxidation sites excluding steroid dienone is 6. The predicted octanol–water partition coefficient (Wildman–Crippen LogP) is 9.58. The van der Waals surface area contributed by atoms with Gasteiger partial charge in [0.2, 0.25) is 0 Å². The lowest BCUT2D eigenvalue weighted by Crippen LogP contribution is -2.20. The smallest absolute Gasteiger partial charge is 0.185 e. The molecule has 0 heterocycles. The van der Waals surface area contributed by atoms with Crippen LogP contribution in [0.5, 0.6) is 11.5 Å². The summed E-state index contributed by atoms with van der Waals surface area (Å²) in [6, 6.07) is 14.6. The van der Waals surface area contributed by atoms with Crippen molar-refractivity contribution in [2.75, 3.05) is 13.7 Å². The van der Waals surface area contributed by atoms with Crippen LogP contribution in [0.4, 0.5) is 0 Å². The van der Waals surface area contributed by atoms with E-state index in [0.29, 0.717) is 17.9 Å². The lowest BCUT2D eigenvalue weighted by Gasteiger charge is -2.33. The van der Waals surface area contributed by atoms with Gasteiger partial charge in [0.25, 0.3) is 0 Å². The van der Waals surface area contributed by atoms with Gasteiger partial charge in [-0.1, -0.05) is 87.8 Å². The van der Waals surface area contributed by atoms with Crippen molar-refractivity contribution in [3.63, 3.8) is 0 Å². The molecule has 0 fully saturated rings. The molecule has 0 aromatic heterocycles. The molecule has 1 atom stereocenters. The summed E-state index contributed by atoms with van der Waals surface area (Å²) in [4.78, 5) is 0.340. The van der Waals surface area contributed by atoms with Gasteiger partial charge in [-0.25, -0.2) is 8.42 Å². The summed E-state index contributed by atoms with van der Waals surface area (Å²) in [7, 11) is -1.93. The molecular weight excluding hydrogens is 540 g/mol. The van der Waals surface area contributed by atoms with Gasteiger partial charge in [-0.3, -0.25) is 0 Å². The van der Waals surface area contributed by atoms with E-state index in [1.807, 2.05) is 50.3 Å². The molecule has 1 unspecified atom stereocenters. The Morgan fingerprint density at radius 1 is 1.07 bits per heavy atom. The SMILES string of the molecule is COc1ccc(OC/C=C(\C)CC(/C=C(C)/C=C/C2=C(C)CCCC2(C)C)S(=O)(=O)c2ccccc2)c(C(C)(C)C)c1. The van der Waals surface area contributed by atoms with E-state index in [1.165, 1.54) is 17.6 Å². The fourth-order valence-electron chi connectivity index (χ4n) is 5.64. The van der Waals surface area contributed by atoms with Gasteiger partial charge >= 0.3 is 0 Å². The van der Waals surface area contributed by atoms with Crippen molar-refractivity contribution in [1.82, 2.24) is 0 Å². The third kappa shape index (κ3) is 8.73. The van der Waals surface area contributed by atoms with Crippen molar-refractivity contribution in [1.29, 1.82) is 0 Å². The second-order valence-corrected chi connectivity index (χ2v) is 15.4. The summed E-state index contributed by atoms with van der Waals surface area (Å²) in [5.74, 6) is 1.60. The van der Waals surface area contributed by atoms with Crippen molar-refractivity contribution in [3.05, 3.63) is 101 Å². The molecule has 0 aliphatic heterocycles. The Kier molecular flexibility index (Phi) is 11.1. The van der Waals surface area contributed by atoms with Gasteiger partial charge in [0.1, 0.15) is 18.1 Å². The fraction of sp³-hybridized carbons (Fsp3) is 0.459. The van der Waals surface area contributed by atoms with E-state index >= 15 is 0 Å². The van der Waals surface area contributed by atoms with E-state index in [1.54, 1.807) is 31.4 Å². The van der Waals surface area contributed by atoms with Crippen LogP contribution in [-0.4, -0.2) is 27.4 Å². The third-order valence-electron chi connectivity index (χ3n) is 8.16. The first-order valence-corrected chi connectivity index (χ1v) is 16.5. The molecule has 0 bridgehead atoms. The van der Waals surface area contributed by atoms with Gasteiger partial charge in [-0.05, 0) is 99.3 Å². The van der Waals surface area contributed by atoms with Crippen LogP contribution in [0.25, 0.3) is 0 Å². The van der Waals surface area contributed by atoms with Crippen molar-refractivity contribution in [2.24, 2.45) is 5.41 Å². The van der Waals surface area contributed by atoms with E-state index in [-0.39, 0.29) is 10.8 Å². The Morgan fingerprint density at radius 3 is 2.38 bits per heavy atom. The predicted molar refractivity (Wildman–Crippen MR) is 176 cm³/mol. The van der Waals surface area contributed by atoms with E-state index in [4.69, 9.17) is 9.47 Å². The second kappa shape index (κ2) is 13.9. The average molecular weight is 591 g/mol. The highest BCUT2D eigenvalue weighted by Crippen LogP contribution is 2.41. The Hall–Kier alpha value is -3.05. The number of methoxy groups -OCH3 is 1. The fourth-order valence-corrected chi connectivity index (χ4v) is 7.40. The van der Waals surface area contributed by atoms with Gasteiger partial charge in [0, 0.05) is 5.56 Å². The highest BCUT2D eigenvalue weighted by molar-refractivity contribution is 7.92. The summed E-state index contributed by atoms with van der Waals surface area (Å²) in [6.45, 7) is 17.6. The maximum Gasteiger partial charge on any atom is 0.185 e. The molecule has 4 nitrogen and oxygen atoms in total. The summed E-state index contributed by atoms with van der Waals surface area (Å²) >= 11 is 0. The molecule has 0 amide bonds. The first-order chi connectivity index (χ1) is 19.6. The van der Waals surface area contributed by atoms with Crippen LogP contribution in [0.3, 0.4) is 0 Å². The number of sulfone groups is 1. The molecule has 0 spiro atoms. The maximum absolute atomic E-state index is 13.8. The monoisotopic (exact) mass is 590 g/mol. The molecule has 0 N–H and O–H groups in total. The minimum atomic E-state index is -3.60. The Balaban J connectivity index is 1.87. The van der Waals surface area contributed by atoms with E-state index in [9.17, 15) is 8.42 Å². The largest absolute Gasteiger partial charge is 0.497 e. The maximum atomic E-state index is 13.8. The summed E-state index contributed by atoms with van der Waals surface area (Å²) in [6.07, 6.45) is 12.1. The molecule has 0 radical (unpaired) electrons. The van der Waals surface area contributed by atoms with Crippen LogP contribution < -0.4 is 9.47 Å². The molecule has 3 rings (SSSR count). The van der Waals surface area contributed by atoms with Gasteiger partial charge in [-0.15, -0.1) is 0 Å². The van der Waals surface area contributed by atoms with Crippen molar-refractivity contribution in [2.45, 2.75) is 96.6 Å². The number of benzene rings is 2. The Labute approximate surface area is 255 Å². The number of hydrogen-bond donors (Lipinski definition) is 0. The summed E-state index contributed by atoms with van der Waals surface area (Å²) in [5, 5.41) is -0.693. The zero-order chi connectivity index (χ0) is 31.1. The highest BCUT2D eigenvalue weighted by atomic mass is 32.2. The molecule has 2 aromatic carbocycles. The average Bonchev–Trinajstić information content (AvgIpc) is 2.92. The summed E-state index contributed by atoms with van der Waals surface area (Å²) in [5.41, 5.74) is 5.77. The molecule has 0 saturated heterocycles. The standard InChI is InChI=1S/C37H50O4S/c1-27(17-19-33-29(3)14-13-22-37(33,7)8)24-32(42(38,39)31-15-11-10-12-16-31)25-28(2)21-23-41-35-20-18-30(40-9)26-34(35)36(4,5)6/h10-12,15-21,24,26,32H,13-14,22-23,25H2,1-9H3/b19-17+,27-24+,28-21+. The minimum absolute atomic E-state index is 0.116. The van der Waals surface area contributed by atoms with E-state index < -0.39 is 15.1 Å². The normalized spacial score (nSPS) is 17.5. The topological polar surface area (TPSA) is 52.6 Å². The molecular formula is C37H50O4S. The third-order valence-corrected chi connectivity index (χ3v) is 10.2. The van der Waals surface area contributed by atoms with Crippen LogP contribution in [-0.2, 0) is 15.3 Å². The first-order valence-electron chi connectivity index (χ1n) is 15.0. The zero-order valence-electron chi connectivity index (χ0n) is 27.1. The quantitative estimate of drug-likeness (QED) is 0.193. The lowest BCUT2D eigenvalue weighted by molar-refractivity contribution is 0.347. The van der Waals surface area contributed by atoms with E-state index in [0.717, 1.165) is 41.1 Å². The van der Waals surface area contributed by atoms with Crippen LogP contribution in [0.1, 0.15) is 86.6 Å². The molecule has 228 valence electrons. The van der Waals surface area contributed by atoms with Crippen LogP contribution in [0.15, 0.2) is 100 Å². The number of hydrogen-bond acceptors (Lipinski definition) is 4. The molecule has 42 heavy (non-hydrogen) atoms. The zero-order valence-corrected chi connectivity index (χ0v) is 27.9. The first kappa shape index (κ1) is 33.5. The second-order valence-electron chi connectivity index (χ2n) is 13.2. The summed E-state index contributed by atoms with van der Waals surface area (Å²) < 4.78 is 39.3. The highest BCUT2D eigenvalue weighted by Gasteiger charge is 2.28. The van der Waals surface area contributed by atoms with E-state index in [2.05, 4.69) is 53.7 Å². The lowest BCUT2D eigenvalue weighted by atomic mass is 9.72. The Bertz CT molecular complexity index is 1450. The minimum Gasteiger partial charge on any atom is -0.497 e. The Morgan fingerprint density at radius 2 is 1.76 bits per heavy atom. The molecule has 0 saturated carbocycles. The van der Waals surface area contributed by atoms with Crippen molar-refractivity contribution < 1.29 is 17.9 Å². The molecule has 1 aliphatic carbocycles. The van der Waals surface area contributed by atoms with Crippen LogP contribution in [0, 0.1) is 5.41 Å². The molecule has 1 aliphatic rings. The van der Waals surface area contributed by atoms with Crippen molar-refractivity contribution >= 4 is 9.84 Å². The molecule has 5 heteroatoms. The number of rotatable bonds is 11. The van der Waals surface area contributed by atoms with Gasteiger partial charge in [0.05, 0.1) is 17.3 Å². The van der Waals surface area contributed by atoms with Crippen LogP contribution >= 0.6 is 0 Å². The van der Waals surface area contributed by atoms with Gasteiger partial charge in [0.15, 0.2) is 9.84 Å². The van der Waals surface area contributed by atoms with Crippen LogP contribution in [0.2, 0.25) is 0 Å². The van der Waals surface area contributed by atoms with Crippen molar-refractivity contribution in [3.8, 4) is 11.5 Å². The van der Waals surface area contributed by atoms with Gasteiger partial charge < -0.3 is 9.47 Å². The van der Waals surface area contributed by atoms with Gasteiger partial charge in [-0.2, -0.15) is 0 Å².